The molecule has 1 unspecified atom stereocenters. The molecule has 0 aromatic rings. The van der Waals surface area contributed by atoms with E-state index in [2.05, 4.69) is 6.92 Å². The predicted molar refractivity (Wildman–Crippen MR) is 166 cm³/mol. The summed E-state index contributed by atoms with van der Waals surface area (Å²) in [6, 6.07) is 0. The number of carboxylic acids is 1. The van der Waals surface area contributed by atoms with Gasteiger partial charge in [-0.1, -0.05) is 96.8 Å². The number of carbonyl (C=O) groups is 3. The van der Waals surface area contributed by atoms with Crippen molar-refractivity contribution in [1.82, 2.24) is 0 Å². The van der Waals surface area contributed by atoms with E-state index in [4.69, 9.17) is 18.5 Å². The first-order chi connectivity index (χ1) is 20.8. The first kappa shape index (κ1) is 42.5. The molecule has 0 aromatic carbocycles. The Kier molecular flexibility index (Phi) is 25.8. The van der Waals surface area contributed by atoms with Crippen LogP contribution in [-0.2, 0) is 37.5 Å². The quantitative estimate of drug-likeness (QED) is 0.0423. The highest BCUT2D eigenvalue weighted by atomic mass is 31.2. The normalized spacial score (nSPS) is 13.8. The Labute approximate surface area is 266 Å². The second-order valence-electron chi connectivity index (χ2n) is 12.7. The van der Waals surface area contributed by atoms with Gasteiger partial charge in [0.1, 0.15) is 19.8 Å². The van der Waals surface area contributed by atoms with E-state index >= 15 is 0 Å². The molecule has 0 N–H and O–H groups in total. The van der Waals surface area contributed by atoms with Crippen LogP contribution >= 0.6 is 7.82 Å². The van der Waals surface area contributed by atoms with Crippen LogP contribution in [0.25, 0.3) is 0 Å². The Morgan fingerprint density at radius 3 is 1.59 bits per heavy atom. The van der Waals surface area contributed by atoms with E-state index in [9.17, 15) is 28.9 Å². The number of ether oxygens (including phenoxy) is 2. The molecule has 0 radical (unpaired) electrons. The third-order valence-corrected chi connectivity index (χ3v) is 8.12. The van der Waals surface area contributed by atoms with Crippen LogP contribution in [0.15, 0.2) is 0 Å². The minimum Gasteiger partial charge on any atom is -0.756 e. The number of rotatable bonds is 31. The van der Waals surface area contributed by atoms with Gasteiger partial charge in [-0.15, -0.1) is 0 Å². The largest absolute Gasteiger partial charge is 0.756 e. The lowest BCUT2D eigenvalue weighted by Gasteiger charge is -2.28. The van der Waals surface area contributed by atoms with E-state index < -0.39 is 38.4 Å². The lowest BCUT2D eigenvalue weighted by Crippen LogP contribution is -2.37. The van der Waals surface area contributed by atoms with E-state index in [-0.39, 0.29) is 32.5 Å². The molecule has 0 aromatic heterocycles. The Morgan fingerprint density at radius 1 is 0.659 bits per heavy atom. The van der Waals surface area contributed by atoms with Gasteiger partial charge in [-0.2, -0.15) is 0 Å². The van der Waals surface area contributed by atoms with E-state index in [0.29, 0.717) is 36.7 Å². The van der Waals surface area contributed by atoms with Crippen molar-refractivity contribution in [2.24, 2.45) is 0 Å². The maximum absolute atomic E-state index is 12.4. The fourth-order valence-electron chi connectivity index (χ4n) is 4.44. The summed E-state index contributed by atoms with van der Waals surface area (Å²) in [4.78, 5) is 47.4. The smallest absolute Gasteiger partial charge is 0.306 e. The molecule has 0 bridgehead atoms. The fourth-order valence-corrected chi connectivity index (χ4v) is 5.17. The number of hydrogen-bond donors (Lipinski definition) is 0. The van der Waals surface area contributed by atoms with Crippen molar-refractivity contribution in [3.8, 4) is 0 Å². The number of unbranched alkanes of at least 4 members (excludes halogenated alkanes) is 15. The van der Waals surface area contributed by atoms with Gasteiger partial charge in [-0.05, 0) is 25.7 Å². The summed E-state index contributed by atoms with van der Waals surface area (Å²) in [7, 11) is 1.04. The van der Waals surface area contributed by atoms with Crippen molar-refractivity contribution in [3.63, 3.8) is 0 Å². The third kappa shape index (κ3) is 30.5. The van der Waals surface area contributed by atoms with Crippen LogP contribution < -0.4 is 10.00 Å². The summed E-state index contributed by atoms with van der Waals surface area (Å²) in [6.07, 6.45) is 16.8. The second kappa shape index (κ2) is 26.7. The van der Waals surface area contributed by atoms with Gasteiger partial charge in [0.15, 0.2) is 6.10 Å². The number of carboxylic acid groups (broad SMARTS) is 1. The molecule has 0 amide bonds. The highest BCUT2D eigenvalue weighted by molar-refractivity contribution is 7.45. The number of quaternary nitrogens is 1. The molecule has 12 heteroatoms. The van der Waals surface area contributed by atoms with Gasteiger partial charge >= 0.3 is 11.9 Å². The molecule has 260 valence electrons. The number of nitrogens with zero attached hydrogens (tertiary/aromatic N) is 1. The Hall–Kier alpha value is -1.52. The molecule has 2 atom stereocenters. The first-order valence-electron chi connectivity index (χ1n) is 16.8. The van der Waals surface area contributed by atoms with E-state index in [1.165, 1.54) is 51.4 Å². The fraction of sp³-hybridized carbons (Fsp3) is 0.906. The van der Waals surface area contributed by atoms with Crippen molar-refractivity contribution in [2.45, 2.75) is 141 Å². The zero-order valence-corrected chi connectivity index (χ0v) is 28.9. The predicted octanol–water partition coefficient (Wildman–Crippen LogP) is 5.22. The third-order valence-electron chi connectivity index (χ3n) is 7.15. The molecule has 0 spiro atoms. The Bertz CT molecular complexity index is 802. The zero-order valence-electron chi connectivity index (χ0n) is 28.0. The van der Waals surface area contributed by atoms with E-state index in [1.54, 1.807) is 0 Å². The SMILES string of the molecule is CCCCCCCCCCCCCCC(=O)OC[C@H](COP(=O)([O-])OCC[N+](C)(C)C)OC(=O)CCCCCCCC(=O)[O-]. The Balaban J connectivity index is 4.45. The number of esters is 2. The number of hydrogen-bond acceptors (Lipinski definition) is 10. The summed E-state index contributed by atoms with van der Waals surface area (Å²) in [5.74, 6) is -2.06. The molecule has 0 fully saturated rings. The van der Waals surface area contributed by atoms with E-state index in [0.717, 1.165) is 32.1 Å². The van der Waals surface area contributed by atoms with Crippen LogP contribution in [0.2, 0.25) is 0 Å². The molecule has 44 heavy (non-hydrogen) atoms. The van der Waals surface area contributed by atoms with Crippen molar-refractivity contribution in [2.75, 3.05) is 47.5 Å². The zero-order chi connectivity index (χ0) is 33.1. The van der Waals surface area contributed by atoms with Gasteiger partial charge in [0.25, 0.3) is 7.82 Å². The average molecular weight is 651 g/mol. The Morgan fingerprint density at radius 2 is 1.11 bits per heavy atom. The van der Waals surface area contributed by atoms with Crippen molar-refractivity contribution >= 4 is 25.7 Å². The van der Waals surface area contributed by atoms with E-state index in [1.807, 2.05) is 21.1 Å². The number of phosphoric ester groups is 1. The van der Waals surface area contributed by atoms with Gasteiger partial charge in [-0.25, -0.2) is 0 Å². The summed E-state index contributed by atoms with van der Waals surface area (Å²) in [6.45, 7) is 1.77. The minimum atomic E-state index is -4.65. The summed E-state index contributed by atoms with van der Waals surface area (Å²) in [5, 5.41) is 10.5. The van der Waals surface area contributed by atoms with Crippen LogP contribution in [-0.4, -0.2) is 76.0 Å². The van der Waals surface area contributed by atoms with Crippen LogP contribution in [0.5, 0.6) is 0 Å². The minimum absolute atomic E-state index is 0.0182. The van der Waals surface area contributed by atoms with Crippen LogP contribution in [0.4, 0.5) is 0 Å². The van der Waals surface area contributed by atoms with Gasteiger partial charge in [0.05, 0.1) is 27.7 Å². The van der Waals surface area contributed by atoms with Crippen molar-refractivity contribution in [1.29, 1.82) is 0 Å². The van der Waals surface area contributed by atoms with Crippen LogP contribution in [0.3, 0.4) is 0 Å². The lowest BCUT2D eigenvalue weighted by molar-refractivity contribution is -0.870. The lowest BCUT2D eigenvalue weighted by atomic mass is 10.0. The summed E-state index contributed by atoms with van der Waals surface area (Å²) < 4.78 is 33.3. The second-order valence-corrected chi connectivity index (χ2v) is 14.1. The van der Waals surface area contributed by atoms with Crippen LogP contribution in [0.1, 0.15) is 135 Å². The summed E-state index contributed by atoms with van der Waals surface area (Å²) in [5.41, 5.74) is 0. The number of aliphatic carboxylic acids is 1. The van der Waals surface area contributed by atoms with Gasteiger partial charge in [0, 0.05) is 18.8 Å². The molecule has 0 aliphatic heterocycles. The number of carbonyl (C=O) groups excluding carboxylic acids is 3. The molecule has 0 heterocycles. The standard InChI is InChI=1S/C32H62NO10P/c1-5-6-7-8-9-10-11-12-13-14-17-20-23-31(36)40-27-29(28-42-44(38,39)41-26-25-33(2,3)4)43-32(37)24-21-18-15-16-19-22-30(34)35/h29H,5-28H2,1-4H3,(H-,34,35,38,39)/p-1/t29-/m1/s1. The molecular weight excluding hydrogens is 589 g/mol. The highest BCUT2D eigenvalue weighted by Gasteiger charge is 2.21. The summed E-state index contributed by atoms with van der Waals surface area (Å²) >= 11 is 0. The number of phosphoric acid groups is 1. The first-order valence-corrected chi connectivity index (χ1v) is 18.3. The monoisotopic (exact) mass is 650 g/mol. The number of likely N-dealkylation sites (N-methyl/N-ethyl adjacent to an activating group) is 1. The van der Waals surface area contributed by atoms with Crippen LogP contribution in [0, 0.1) is 0 Å². The van der Waals surface area contributed by atoms with Gasteiger partial charge in [-0.3, -0.25) is 14.2 Å². The molecule has 0 saturated heterocycles. The highest BCUT2D eigenvalue weighted by Crippen LogP contribution is 2.38. The topological polar surface area (TPSA) is 151 Å². The molecule has 0 saturated carbocycles. The molecule has 0 aliphatic carbocycles. The van der Waals surface area contributed by atoms with Gasteiger partial charge in [0.2, 0.25) is 0 Å². The molecule has 11 nitrogen and oxygen atoms in total. The molecule has 0 rings (SSSR count). The maximum Gasteiger partial charge on any atom is 0.306 e. The molecule has 0 aliphatic rings. The maximum atomic E-state index is 12.4. The van der Waals surface area contributed by atoms with Crippen molar-refractivity contribution < 1.29 is 52.0 Å². The van der Waals surface area contributed by atoms with Crippen molar-refractivity contribution in [3.05, 3.63) is 0 Å². The van der Waals surface area contributed by atoms with Gasteiger partial charge < -0.3 is 37.8 Å². The molecular formula is C32H61NO10P-. The average Bonchev–Trinajstić information content (AvgIpc) is 2.93.